The number of hydrogen-bond acceptors (Lipinski definition) is 5. The number of benzene rings is 1. The molecule has 1 atom stereocenters. The van der Waals surface area contributed by atoms with E-state index in [0.717, 1.165) is 28.2 Å². The van der Waals surface area contributed by atoms with Crippen molar-refractivity contribution < 1.29 is 18.8 Å². The Morgan fingerprint density at radius 3 is 2.77 bits per heavy atom. The minimum absolute atomic E-state index is 0.208. The van der Waals surface area contributed by atoms with Crippen LogP contribution < -0.4 is 10.2 Å². The van der Waals surface area contributed by atoms with Crippen LogP contribution in [-0.2, 0) is 28.1 Å². The van der Waals surface area contributed by atoms with Gasteiger partial charge in [-0.2, -0.15) is 0 Å². The average Bonchev–Trinajstić information content (AvgIpc) is 3.51. The molecule has 158 valence electrons. The van der Waals surface area contributed by atoms with E-state index in [1.54, 1.807) is 29.7 Å². The lowest BCUT2D eigenvalue weighted by Gasteiger charge is -2.31. The van der Waals surface area contributed by atoms with E-state index in [0.29, 0.717) is 17.9 Å². The number of anilines is 1. The number of para-hydroxylation sites is 1. The van der Waals surface area contributed by atoms with Crippen molar-refractivity contribution >= 4 is 34.9 Å². The summed E-state index contributed by atoms with van der Waals surface area (Å²) in [7, 11) is 0. The largest absolute Gasteiger partial charge is 0.467 e. The standard InChI is InChI=1S/C23H21N3O4S/c27-20(25(14-17-8-5-12-30-17)16-6-2-1-3-7-16)15-26-21(28)23(24-22(26)29)11-4-9-19-18(23)10-13-31-19/h1-3,5-8,10,12-13H,4,9,11,14-15H2,(H,24,29). The highest BCUT2D eigenvalue weighted by atomic mass is 32.1. The van der Waals surface area contributed by atoms with Crippen molar-refractivity contribution in [3.8, 4) is 0 Å². The van der Waals surface area contributed by atoms with Crippen LogP contribution in [0.1, 0.15) is 29.0 Å². The van der Waals surface area contributed by atoms with Gasteiger partial charge in [0, 0.05) is 16.1 Å². The normalized spacial score (nSPS) is 20.1. The molecular weight excluding hydrogens is 414 g/mol. The van der Waals surface area contributed by atoms with Crippen LogP contribution in [0.2, 0.25) is 0 Å². The molecule has 31 heavy (non-hydrogen) atoms. The number of aryl methyl sites for hydroxylation is 1. The van der Waals surface area contributed by atoms with Gasteiger partial charge in [0.2, 0.25) is 5.91 Å². The summed E-state index contributed by atoms with van der Waals surface area (Å²) in [5.74, 6) is -0.0956. The van der Waals surface area contributed by atoms with Gasteiger partial charge in [-0.3, -0.25) is 14.5 Å². The van der Waals surface area contributed by atoms with Gasteiger partial charge in [-0.1, -0.05) is 18.2 Å². The lowest BCUT2D eigenvalue weighted by Crippen LogP contribution is -2.47. The van der Waals surface area contributed by atoms with E-state index in [-0.39, 0.29) is 24.9 Å². The molecule has 3 aromatic rings. The molecule has 0 saturated carbocycles. The SMILES string of the molecule is O=C1NC2(CCCc3sccc32)C(=O)N1CC(=O)N(Cc1ccco1)c1ccccc1. The zero-order chi connectivity index (χ0) is 21.4. The smallest absolute Gasteiger partial charge is 0.325 e. The number of nitrogens with one attached hydrogen (secondary N) is 1. The molecule has 0 bridgehead atoms. The number of amides is 4. The molecule has 1 aliphatic carbocycles. The first kappa shape index (κ1) is 19.6. The van der Waals surface area contributed by atoms with Gasteiger partial charge in [0.1, 0.15) is 17.8 Å². The molecule has 1 spiro atoms. The monoisotopic (exact) mass is 435 g/mol. The van der Waals surface area contributed by atoms with E-state index in [2.05, 4.69) is 5.32 Å². The third-order valence-corrected chi connectivity index (χ3v) is 6.87. The molecule has 2 aliphatic rings. The highest BCUT2D eigenvalue weighted by Crippen LogP contribution is 2.42. The minimum atomic E-state index is -1.05. The molecule has 1 saturated heterocycles. The van der Waals surface area contributed by atoms with Crippen LogP contribution in [0.15, 0.2) is 64.6 Å². The Kier molecular flexibility index (Phi) is 4.86. The van der Waals surface area contributed by atoms with Crippen LogP contribution in [-0.4, -0.2) is 29.3 Å². The summed E-state index contributed by atoms with van der Waals surface area (Å²) in [6.07, 6.45) is 3.81. The van der Waals surface area contributed by atoms with Gasteiger partial charge >= 0.3 is 6.03 Å². The summed E-state index contributed by atoms with van der Waals surface area (Å²) < 4.78 is 5.42. The maximum absolute atomic E-state index is 13.4. The van der Waals surface area contributed by atoms with Crippen molar-refractivity contribution in [3.05, 3.63) is 76.4 Å². The lowest BCUT2D eigenvalue weighted by molar-refractivity contribution is -0.135. The molecule has 1 fully saturated rings. The van der Waals surface area contributed by atoms with E-state index in [4.69, 9.17) is 4.42 Å². The van der Waals surface area contributed by atoms with Crippen molar-refractivity contribution in [3.63, 3.8) is 0 Å². The number of carbonyl (C=O) groups is 3. The fourth-order valence-electron chi connectivity index (χ4n) is 4.40. The van der Waals surface area contributed by atoms with Crippen molar-refractivity contribution in [2.24, 2.45) is 0 Å². The number of imide groups is 1. The Morgan fingerprint density at radius 1 is 1.16 bits per heavy atom. The Balaban J connectivity index is 1.41. The molecule has 7 nitrogen and oxygen atoms in total. The second-order valence-electron chi connectivity index (χ2n) is 7.73. The van der Waals surface area contributed by atoms with Gasteiger partial charge in [-0.05, 0) is 55.0 Å². The molecule has 3 heterocycles. The van der Waals surface area contributed by atoms with Crippen LogP contribution in [0.5, 0.6) is 0 Å². The number of fused-ring (bicyclic) bond motifs is 2. The number of hydrogen-bond donors (Lipinski definition) is 1. The molecule has 1 unspecified atom stereocenters. The minimum Gasteiger partial charge on any atom is -0.467 e. The van der Waals surface area contributed by atoms with Crippen molar-refractivity contribution in [1.82, 2.24) is 10.2 Å². The molecular formula is C23H21N3O4S. The number of rotatable bonds is 5. The van der Waals surface area contributed by atoms with E-state index in [1.807, 2.05) is 41.8 Å². The Labute approximate surface area is 183 Å². The number of carbonyl (C=O) groups excluding carboxylic acids is 3. The fourth-order valence-corrected chi connectivity index (χ4v) is 5.40. The van der Waals surface area contributed by atoms with Gasteiger partial charge < -0.3 is 14.6 Å². The summed E-state index contributed by atoms with van der Waals surface area (Å²) in [6.45, 7) is -0.124. The molecule has 2 aromatic heterocycles. The third-order valence-electron chi connectivity index (χ3n) is 5.89. The molecule has 1 aromatic carbocycles. The molecule has 5 rings (SSSR count). The first-order valence-corrected chi connectivity index (χ1v) is 11.1. The van der Waals surface area contributed by atoms with E-state index >= 15 is 0 Å². The molecule has 8 heteroatoms. The zero-order valence-electron chi connectivity index (χ0n) is 16.7. The summed E-state index contributed by atoms with van der Waals surface area (Å²) in [4.78, 5) is 43.2. The molecule has 1 aliphatic heterocycles. The average molecular weight is 436 g/mol. The first-order chi connectivity index (χ1) is 15.1. The maximum atomic E-state index is 13.4. The first-order valence-electron chi connectivity index (χ1n) is 10.2. The Morgan fingerprint density at radius 2 is 2.00 bits per heavy atom. The van der Waals surface area contributed by atoms with Crippen LogP contribution in [0.25, 0.3) is 0 Å². The number of thiophene rings is 1. The second kappa shape index (κ2) is 7.70. The number of urea groups is 1. The number of furan rings is 1. The van der Waals surface area contributed by atoms with Crippen LogP contribution >= 0.6 is 11.3 Å². The highest BCUT2D eigenvalue weighted by molar-refractivity contribution is 7.10. The topological polar surface area (TPSA) is 82.9 Å². The van der Waals surface area contributed by atoms with Crippen molar-refractivity contribution in [2.45, 2.75) is 31.3 Å². The van der Waals surface area contributed by atoms with Crippen molar-refractivity contribution in [2.75, 3.05) is 11.4 Å². The van der Waals surface area contributed by atoms with Gasteiger partial charge in [0.15, 0.2) is 0 Å². The Bertz CT molecular complexity index is 1120. The zero-order valence-corrected chi connectivity index (χ0v) is 17.6. The summed E-state index contributed by atoms with van der Waals surface area (Å²) in [5, 5.41) is 4.85. The maximum Gasteiger partial charge on any atom is 0.325 e. The molecule has 0 radical (unpaired) electrons. The van der Waals surface area contributed by atoms with Crippen LogP contribution in [0.4, 0.5) is 10.5 Å². The molecule has 4 amide bonds. The van der Waals surface area contributed by atoms with Gasteiger partial charge in [-0.15, -0.1) is 11.3 Å². The number of nitrogens with zero attached hydrogens (tertiary/aromatic N) is 2. The molecule has 1 N–H and O–H groups in total. The predicted molar refractivity (Wildman–Crippen MR) is 116 cm³/mol. The van der Waals surface area contributed by atoms with Crippen molar-refractivity contribution in [1.29, 1.82) is 0 Å². The highest BCUT2D eigenvalue weighted by Gasteiger charge is 2.54. The summed E-state index contributed by atoms with van der Waals surface area (Å²) in [6, 6.07) is 14.1. The Hall–Kier alpha value is -3.39. The fraction of sp³-hybridized carbons (Fsp3) is 0.261. The predicted octanol–water partition coefficient (Wildman–Crippen LogP) is 3.66. The summed E-state index contributed by atoms with van der Waals surface area (Å²) in [5.41, 5.74) is 0.486. The third kappa shape index (κ3) is 3.33. The lowest BCUT2D eigenvalue weighted by atomic mass is 9.80. The van der Waals surface area contributed by atoms with Gasteiger partial charge in [-0.25, -0.2) is 4.79 Å². The van der Waals surface area contributed by atoms with Gasteiger partial charge in [0.05, 0.1) is 12.8 Å². The second-order valence-corrected chi connectivity index (χ2v) is 8.73. The summed E-state index contributed by atoms with van der Waals surface area (Å²) >= 11 is 1.60. The quantitative estimate of drug-likeness (QED) is 0.620. The van der Waals surface area contributed by atoms with Crippen LogP contribution in [0, 0.1) is 0 Å². The van der Waals surface area contributed by atoms with E-state index in [9.17, 15) is 14.4 Å². The van der Waals surface area contributed by atoms with E-state index in [1.165, 1.54) is 4.90 Å². The van der Waals surface area contributed by atoms with Crippen LogP contribution in [0.3, 0.4) is 0 Å². The van der Waals surface area contributed by atoms with E-state index < -0.39 is 11.6 Å². The van der Waals surface area contributed by atoms with Gasteiger partial charge in [0.25, 0.3) is 5.91 Å².